The SMILES string of the molecule is Cc1oc(C)c(C(N)C2CCc3cccnc32)c1C. The van der Waals surface area contributed by atoms with Crippen molar-refractivity contribution in [2.75, 3.05) is 0 Å². The Hall–Kier alpha value is -1.61. The summed E-state index contributed by atoms with van der Waals surface area (Å²) in [7, 11) is 0. The summed E-state index contributed by atoms with van der Waals surface area (Å²) >= 11 is 0. The zero-order chi connectivity index (χ0) is 13.6. The molecule has 0 radical (unpaired) electrons. The Bertz CT molecular complexity index is 615. The largest absolute Gasteiger partial charge is 0.466 e. The maximum atomic E-state index is 6.53. The molecule has 2 aromatic rings. The highest BCUT2D eigenvalue weighted by atomic mass is 16.3. The fraction of sp³-hybridized carbons (Fsp3) is 0.438. The number of fused-ring (bicyclic) bond motifs is 1. The van der Waals surface area contributed by atoms with Gasteiger partial charge in [-0.3, -0.25) is 4.98 Å². The molecule has 0 amide bonds. The minimum absolute atomic E-state index is 0.0198. The molecule has 3 rings (SSSR count). The zero-order valence-corrected chi connectivity index (χ0v) is 11.7. The number of nitrogens with zero attached hydrogens (tertiary/aromatic N) is 1. The highest BCUT2D eigenvalue weighted by Gasteiger charge is 2.32. The molecular weight excluding hydrogens is 236 g/mol. The number of hydrogen-bond donors (Lipinski definition) is 1. The third-order valence-electron chi connectivity index (χ3n) is 4.39. The van der Waals surface area contributed by atoms with E-state index in [1.165, 1.54) is 22.4 Å². The summed E-state index contributed by atoms with van der Waals surface area (Å²) in [4.78, 5) is 4.54. The fourth-order valence-corrected chi connectivity index (χ4v) is 3.29. The molecule has 19 heavy (non-hydrogen) atoms. The summed E-state index contributed by atoms with van der Waals surface area (Å²) in [6.07, 6.45) is 4.03. The summed E-state index contributed by atoms with van der Waals surface area (Å²) < 4.78 is 5.71. The van der Waals surface area contributed by atoms with Crippen molar-refractivity contribution in [3.05, 3.63) is 52.2 Å². The number of furan rings is 1. The first kappa shape index (κ1) is 12.4. The molecule has 3 nitrogen and oxygen atoms in total. The summed E-state index contributed by atoms with van der Waals surface area (Å²) in [5.74, 6) is 2.24. The van der Waals surface area contributed by atoms with Crippen molar-refractivity contribution in [2.45, 2.75) is 45.6 Å². The van der Waals surface area contributed by atoms with Gasteiger partial charge in [-0.1, -0.05) is 6.07 Å². The molecule has 2 heterocycles. The van der Waals surface area contributed by atoms with E-state index in [1.54, 1.807) is 0 Å². The summed E-state index contributed by atoms with van der Waals surface area (Å²) in [5.41, 5.74) is 11.4. The van der Waals surface area contributed by atoms with Crippen LogP contribution in [0.1, 0.15) is 52.3 Å². The molecule has 1 aliphatic rings. The lowest BCUT2D eigenvalue weighted by atomic mass is 9.89. The predicted octanol–water partition coefficient (Wildman–Crippen LogP) is 3.33. The van der Waals surface area contributed by atoms with Crippen LogP contribution in [-0.4, -0.2) is 4.98 Å². The molecule has 0 spiro atoms. The van der Waals surface area contributed by atoms with Crippen LogP contribution in [-0.2, 0) is 6.42 Å². The van der Waals surface area contributed by atoms with Crippen molar-refractivity contribution in [3.63, 3.8) is 0 Å². The predicted molar refractivity (Wildman–Crippen MR) is 75.1 cm³/mol. The fourth-order valence-electron chi connectivity index (χ4n) is 3.29. The van der Waals surface area contributed by atoms with Gasteiger partial charge in [0.15, 0.2) is 0 Å². The van der Waals surface area contributed by atoms with Crippen molar-refractivity contribution < 1.29 is 4.42 Å². The zero-order valence-electron chi connectivity index (χ0n) is 11.7. The van der Waals surface area contributed by atoms with Crippen LogP contribution in [0.2, 0.25) is 0 Å². The van der Waals surface area contributed by atoms with E-state index in [4.69, 9.17) is 10.2 Å². The van der Waals surface area contributed by atoms with Gasteiger partial charge in [0.1, 0.15) is 11.5 Å². The molecule has 0 fully saturated rings. The Balaban J connectivity index is 2.00. The standard InChI is InChI=1S/C16H20N2O/c1-9-10(2)19-11(3)14(9)15(17)13-7-6-12-5-4-8-18-16(12)13/h4-5,8,13,15H,6-7,17H2,1-3H3. The van der Waals surface area contributed by atoms with Gasteiger partial charge < -0.3 is 10.2 Å². The lowest BCUT2D eigenvalue weighted by molar-refractivity contribution is 0.484. The first-order valence-electron chi connectivity index (χ1n) is 6.85. The van der Waals surface area contributed by atoms with E-state index in [0.717, 1.165) is 24.4 Å². The Labute approximate surface area is 113 Å². The number of aromatic nitrogens is 1. The average Bonchev–Trinajstić information content (AvgIpc) is 2.91. The third-order valence-corrected chi connectivity index (χ3v) is 4.39. The first-order valence-corrected chi connectivity index (χ1v) is 6.85. The number of nitrogens with two attached hydrogens (primary N) is 1. The monoisotopic (exact) mass is 256 g/mol. The number of hydrogen-bond acceptors (Lipinski definition) is 3. The first-order chi connectivity index (χ1) is 9.09. The molecule has 0 saturated carbocycles. The number of pyridine rings is 1. The highest BCUT2D eigenvalue weighted by Crippen LogP contribution is 2.41. The van der Waals surface area contributed by atoms with Gasteiger partial charge in [-0.25, -0.2) is 0 Å². The van der Waals surface area contributed by atoms with Crippen LogP contribution in [0.25, 0.3) is 0 Å². The second-order valence-corrected chi connectivity index (χ2v) is 5.47. The van der Waals surface area contributed by atoms with Crippen LogP contribution in [0.15, 0.2) is 22.7 Å². The van der Waals surface area contributed by atoms with E-state index in [9.17, 15) is 0 Å². The molecule has 0 bridgehead atoms. The molecule has 2 atom stereocenters. The van der Waals surface area contributed by atoms with Crippen molar-refractivity contribution >= 4 is 0 Å². The van der Waals surface area contributed by atoms with Crippen molar-refractivity contribution in [3.8, 4) is 0 Å². The molecule has 100 valence electrons. The maximum Gasteiger partial charge on any atom is 0.106 e. The molecule has 2 aromatic heterocycles. The van der Waals surface area contributed by atoms with Gasteiger partial charge in [0.05, 0.1) is 0 Å². The van der Waals surface area contributed by atoms with Crippen LogP contribution in [0.4, 0.5) is 0 Å². The quantitative estimate of drug-likeness (QED) is 0.896. The van der Waals surface area contributed by atoms with Crippen LogP contribution < -0.4 is 5.73 Å². The van der Waals surface area contributed by atoms with E-state index in [2.05, 4.69) is 18.0 Å². The molecule has 1 aliphatic carbocycles. The normalized spacial score (nSPS) is 19.5. The number of rotatable bonds is 2. The minimum atomic E-state index is -0.0198. The molecule has 0 aliphatic heterocycles. The molecule has 2 N–H and O–H groups in total. The van der Waals surface area contributed by atoms with Gasteiger partial charge in [0.2, 0.25) is 0 Å². The van der Waals surface area contributed by atoms with E-state index >= 15 is 0 Å². The minimum Gasteiger partial charge on any atom is -0.466 e. The van der Waals surface area contributed by atoms with E-state index < -0.39 is 0 Å². The van der Waals surface area contributed by atoms with Gasteiger partial charge in [-0.15, -0.1) is 0 Å². The lowest BCUT2D eigenvalue weighted by Crippen LogP contribution is -2.20. The summed E-state index contributed by atoms with van der Waals surface area (Å²) in [6, 6.07) is 4.15. The summed E-state index contributed by atoms with van der Waals surface area (Å²) in [5, 5.41) is 0. The molecule has 2 unspecified atom stereocenters. The van der Waals surface area contributed by atoms with Crippen LogP contribution >= 0.6 is 0 Å². The third kappa shape index (κ3) is 1.89. The second kappa shape index (κ2) is 4.49. The van der Waals surface area contributed by atoms with E-state index in [0.29, 0.717) is 5.92 Å². The van der Waals surface area contributed by atoms with E-state index in [-0.39, 0.29) is 6.04 Å². The Morgan fingerprint density at radius 3 is 2.79 bits per heavy atom. The van der Waals surface area contributed by atoms with Gasteiger partial charge >= 0.3 is 0 Å². The van der Waals surface area contributed by atoms with Gasteiger partial charge in [-0.2, -0.15) is 0 Å². The molecule has 0 saturated heterocycles. The maximum absolute atomic E-state index is 6.53. The Kier molecular flexibility index (Phi) is 2.94. The highest BCUT2D eigenvalue weighted by molar-refractivity contribution is 5.39. The van der Waals surface area contributed by atoms with Crippen molar-refractivity contribution in [1.82, 2.24) is 4.98 Å². The van der Waals surface area contributed by atoms with Crippen molar-refractivity contribution in [1.29, 1.82) is 0 Å². The summed E-state index contributed by atoms with van der Waals surface area (Å²) in [6.45, 7) is 6.10. The molecule has 0 aromatic carbocycles. The Morgan fingerprint density at radius 2 is 2.11 bits per heavy atom. The molecule has 3 heteroatoms. The van der Waals surface area contributed by atoms with E-state index in [1.807, 2.05) is 26.1 Å². The number of aryl methyl sites for hydroxylation is 3. The van der Waals surface area contributed by atoms with Crippen LogP contribution in [0, 0.1) is 20.8 Å². The van der Waals surface area contributed by atoms with Crippen LogP contribution in [0.5, 0.6) is 0 Å². The lowest BCUT2D eigenvalue weighted by Gasteiger charge is -2.20. The molecular formula is C16H20N2O. The second-order valence-electron chi connectivity index (χ2n) is 5.47. The Morgan fingerprint density at radius 1 is 1.32 bits per heavy atom. The average molecular weight is 256 g/mol. The smallest absolute Gasteiger partial charge is 0.106 e. The topological polar surface area (TPSA) is 52.0 Å². The van der Waals surface area contributed by atoms with Gasteiger partial charge in [-0.05, 0) is 50.8 Å². The van der Waals surface area contributed by atoms with Crippen molar-refractivity contribution in [2.24, 2.45) is 5.73 Å². The van der Waals surface area contributed by atoms with Crippen LogP contribution in [0.3, 0.4) is 0 Å². The van der Waals surface area contributed by atoms with Gasteiger partial charge in [0, 0.05) is 29.4 Å². The van der Waals surface area contributed by atoms with Gasteiger partial charge in [0.25, 0.3) is 0 Å².